The van der Waals surface area contributed by atoms with Gasteiger partial charge in [-0.3, -0.25) is 15.6 Å². The molecule has 0 atom stereocenters. The summed E-state index contributed by atoms with van der Waals surface area (Å²) in [4.78, 5) is 11.0. The summed E-state index contributed by atoms with van der Waals surface area (Å²) in [5.41, 5.74) is 4.40. The number of nitrogens with zero attached hydrogens (tertiary/aromatic N) is 2. The molecule has 0 aliphatic heterocycles. The maximum atomic E-state index is 11.0. The van der Waals surface area contributed by atoms with E-state index in [4.69, 9.17) is 22.7 Å². The summed E-state index contributed by atoms with van der Waals surface area (Å²) in [5, 5.41) is 12.6. The van der Waals surface area contributed by atoms with Crippen LogP contribution in [0.3, 0.4) is 0 Å². The molecule has 0 bridgehead atoms. The average Bonchev–Trinajstić information content (AvgIpc) is 2.31. The number of hydrogen-bond acceptors (Lipinski definition) is 5. The van der Waals surface area contributed by atoms with Crippen molar-refractivity contribution in [3.63, 3.8) is 0 Å². The molecule has 0 saturated carbocycles. The Balaban J connectivity index is 2.84. The number of halogens is 1. The van der Waals surface area contributed by atoms with Gasteiger partial charge in [0.25, 0.3) is 5.91 Å². The molecule has 0 unspecified atom stereocenters. The summed E-state index contributed by atoms with van der Waals surface area (Å²) < 4.78 is 0. The van der Waals surface area contributed by atoms with Gasteiger partial charge in [0.2, 0.25) is 5.71 Å². The number of hydrazine groups is 1. The first-order valence-corrected chi connectivity index (χ1v) is 4.56. The molecule has 1 aromatic rings. The molecule has 82 valence electrons. The molecule has 7 heteroatoms. The Kier molecular flexibility index (Phi) is 4.27. The first kappa shape index (κ1) is 12.0. The molecule has 1 amide bonds. The van der Waals surface area contributed by atoms with Gasteiger partial charge in [-0.15, -0.1) is 0 Å². The normalized spacial score (nSPS) is 10.4. The van der Waals surface area contributed by atoms with Gasteiger partial charge in [0, 0.05) is 0 Å². The molecule has 0 heterocycles. The number of nitrogens with two attached hydrogens (primary N) is 1. The maximum absolute atomic E-state index is 11.0. The van der Waals surface area contributed by atoms with Crippen molar-refractivity contribution in [2.45, 2.75) is 0 Å². The lowest BCUT2D eigenvalue weighted by Crippen LogP contribution is -2.36. The van der Waals surface area contributed by atoms with Gasteiger partial charge in [-0.05, 0) is 12.1 Å². The lowest BCUT2D eigenvalue weighted by molar-refractivity contribution is -0.114. The van der Waals surface area contributed by atoms with E-state index in [0.717, 1.165) is 0 Å². The number of amides is 1. The van der Waals surface area contributed by atoms with E-state index in [-0.39, 0.29) is 5.71 Å². The number of hydrazone groups is 1. The van der Waals surface area contributed by atoms with E-state index in [1.807, 2.05) is 0 Å². The van der Waals surface area contributed by atoms with Crippen molar-refractivity contribution < 1.29 is 4.79 Å². The largest absolute Gasteiger partial charge is 0.296 e. The first-order chi connectivity index (χ1) is 7.69. The minimum Gasteiger partial charge on any atom is -0.288 e. The Labute approximate surface area is 96.7 Å². The van der Waals surface area contributed by atoms with Gasteiger partial charge in [0.1, 0.15) is 6.07 Å². The minimum absolute atomic E-state index is 0.387. The molecule has 4 N–H and O–H groups in total. The molecular weight excluding hydrogens is 230 g/mol. The Morgan fingerprint density at radius 2 is 2.19 bits per heavy atom. The zero-order valence-electron chi connectivity index (χ0n) is 8.07. The van der Waals surface area contributed by atoms with Gasteiger partial charge in [0.05, 0.1) is 10.7 Å². The van der Waals surface area contributed by atoms with Crippen LogP contribution in [0.2, 0.25) is 5.02 Å². The average molecular weight is 238 g/mol. The summed E-state index contributed by atoms with van der Waals surface area (Å²) in [6.07, 6.45) is 0. The number of hydrogen-bond donors (Lipinski definition) is 3. The molecule has 0 aromatic heterocycles. The van der Waals surface area contributed by atoms with Gasteiger partial charge in [-0.2, -0.15) is 10.4 Å². The number of para-hydroxylation sites is 1. The molecule has 6 nitrogen and oxygen atoms in total. The topological polar surface area (TPSA) is 103 Å². The minimum atomic E-state index is -0.776. The molecule has 0 aliphatic carbocycles. The molecule has 1 aromatic carbocycles. The van der Waals surface area contributed by atoms with Crippen molar-refractivity contribution in [2.24, 2.45) is 10.9 Å². The lowest BCUT2D eigenvalue weighted by atomic mass is 10.3. The molecule has 0 aliphatic rings. The predicted octanol–water partition coefficient (Wildman–Crippen LogP) is 0.621. The van der Waals surface area contributed by atoms with Crippen LogP contribution in [0.15, 0.2) is 29.4 Å². The molecule has 0 radical (unpaired) electrons. The number of anilines is 1. The summed E-state index contributed by atoms with van der Waals surface area (Å²) >= 11 is 5.82. The molecule has 0 spiro atoms. The van der Waals surface area contributed by atoms with E-state index < -0.39 is 5.91 Å². The van der Waals surface area contributed by atoms with Crippen molar-refractivity contribution >= 4 is 28.9 Å². The fraction of sp³-hybridized carbons (Fsp3) is 0. The first-order valence-electron chi connectivity index (χ1n) is 4.18. The highest BCUT2D eigenvalue weighted by molar-refractivity contribution is 6.45. The fourth-order valence-corrected chi connectivity index (χ4v) is 1.04. The molecule has 0 saturated heterocycles. The van der Waals surface area contributed by atoms with E-state index in [1.165, 1.54) is 0 Å². The van der Waals surface area contributed by atoms with Crippen LogP contribution in [0.5, 0.6) is 0 Å². The second-order valence-electron chi connectivity index (χ2n) is 2.64. The van der Waals surface area contributed by atoms with Crippen molar-refractivity contribution in [1.29, 1.82) is 5.26 Å². The number of rotatable bonds is 3. The summed E-state index contributed by atoms with van der Waals surface area (Å²) in [6.45, 7) is 0. The van der Waals surface area contributed by atoms with E-state index in [1.54, 1.807) is 35.8 Å². The smallest absolute Gasteiger partial charge is 0.288 e. The van der Waals surface area contributed by atoms with Crippen molar-refractivity contribution in [2.75, 3.05) is 5.43 Å². The Bertz CT molecular complexity index is 465. The summed E-state index contributed by atoms with van der Waals surface area (Å²) in [5.74, 6) is 4.09. The number of carbonyl (C=O) groups excluding carboxylic acids is 1. The van der Waals surface area contributed by atoms with E-state index in [9.17, 15) is 4.79 Å². The number of benzene rings is 1. The quantitative estimate of drug-likeness (QED) is 0.310. The van der Waals surface area contributed by atoms with Crippen LogP contribution in [-0.2, 0) is 4.79 Å². The van der Waals surface area contributed by atoms with Gasteiger partial charge < -0.3 is 0 Å². The van der Waals surface area contributed by atoms with Gasteiger partial charge in [-0.1, -0.05) is 23.7 Å². The number of carbonyl (C=O) groups is 1. The van der Waals surface area contributed by atoms with E-state index in [2.05, 4.69) is 10.5 Å². The van der Waals surface area contributed by atoms with Crippen LogP contribution in [0.1, 0.15) is 0 Å². The second-order valence-corrected chi connectivity index (χ2v) is 3.04. The van der Waals surface area contributed by atoms with Crippen LogP contribution in [0.4, 0.5) is 5.69 Å². The summed E-state index contributed by atoms with van der Waals surface area (Å²) in [6, 6.07) is 8.38. The van der Waals surface area contributed by atoms with Crippen molar-refractivity contribution in [3.8, 4) is 6.07 Å². The number of nitrogens with one attached hydrogen (secondary N) is 2. The third-order valence-electron chi connectivity index (χ3n) is 1.61. The predicted molar refractivity (Wildman–Crippen MR) is 60.5 cm³/mol. The van der Waals surface area contributed by atoms with E-state index in [0.29, 0.717) is 10.7 Å². The van der Waals surface area contributed by atoms with Gasteiger partial charge in [0.15, 0.2) is 0 Å². The molecular formula is C9H8ClN5O. The SMILES string of the molecule is N#C/C(=N/Nc1ccccc1Cl)C(=O)NN. The Morgan fingerprint density at radius 1 is 1.50 bits per heavy atom. The molecule has 16 heavy (non-hydrogen) atoms. The Morgan fingerprint density at radius 3 is 2.75 bits per heavy atom. The van der Waals surface area contributed by atoms with Crippen LogP contribution >= 0.6 is 11.6 Å². The number of nitriles is 1. The van der Waals surface area contributed by atoms with Crippen molar-refractivity contribution in [1.82, 2.24) is 5.43 Å². The highest BCUT2D eigenvalue weighted by Gasteiger charge is 2.08. The fourth-order valence-electron chi connectivity index (χ4n) is 0.863. The van der Waals surface area contributed by atoms with Crippen LogP contribution < -0.4 is 16.7 Å². The van der Waals surface area contributed by atoms with Crippen LogP contribution in [-0.4, -0.2) is 11.6 Å². The standard InChI is InChI=1S/C9H8ClN5O/c10-6-3-1-2-4-7(6)14-15-8(5-11)9(16)13-12/h1-4,14H,12H2,(H,13,16)/b15-8-. The zero-order chi connectivity index (χ0) is 12.0. The van der Waals surface area contributed by atoms with E-state index >= 15 is 0 Å². The monoisotopic (exact) mass is 237 g/mol. The second kappa shape index (κ2) is 5.70. The summed E-state index contributed by atoms with van der Waals surface area (Å²) in [7, 11) is 0. The third kappa shape index (κ3) is 2.95. The van der Waals surface area contributed by atoms with Crippen molar-refractivity contribution in [3.05, 3.63) is 29.3 Å². The highest BCUT2D eigenvalue weighted by Crippen LogP contribution is 2.20. The maximum Gasteiger partial charge on any atom is 0.296 e. The zero-order valence-corrected chi connectivity index (χ0v) is 8.82. The van der Waals surface area contributed by atoms with Gasteiger partial charge in [-0.25, -0.2) is 5.84 Å². The Hall–Kier alpha value is -2.10. The van der Waals surface area contributed by atoms with Gasteiger partial charge >= 0.3 is 0 Å². The highest BCUT2D eigenvalue weighted by atomic mass is 35.5. The molecule has 0 fully saturated rings. The van der Waals surface area contributed by atoms with Crippen LogP contribution in [0.25, 0.3) is 0 Å². The van der Waals surface area contributed by atoms with Crippen LogP contribution in [0, 0.1) is 11.3 Å². The molecule has 1 rings (SSSR count). The lowest BCUT2D eigenvalue weighted by Gasteiger charge is -2.02. The third-order valence-corrected chi connectivity index (χ3v) is 1.94.